The molecule has 2 aromatic carbocycles. The van der Waals surface area contributed by atoms with Gasteiger partial charge in [-0.05, 0) is 39.1 Å². The van der Waals surface area contributed by atoms with Crippen molar-refractivity contribution in [2.75, 3.05) is 7.05 Å². The van der Waals surface area contributed by atoms with Crippen molar-refractivity contribution in [1.29, 1.82) is 0 Å². The number of nitrogens with zero attached hydrogens (tertiary/aromatic N) is 5. The predicted octanol–water partition coefficient (Wildman–Crippen LogP) is 4.11. The molecule has 0 bridgehead atoms. The molecule has 138 valence electrons. The largest absolute Gasteiger partial charge is 0.297 e. The SMILES string of the molecule is CC(C)N(C)Cc1nnc2n1-c1ccc(Cl)cc1C(c1ccccc1)=NC2. The fraction of sp³-hybridized carbons (Fsp3) is 0.286. The van der Waals surface area contributed by atoms with Crippen LogP contribution in [0.1, 0.15) is 36.6 Å². The molecule has 0 radical (unpaired) electrons. The highest BCUT2D eigenvalue weighted by Crippen LogP contribution is 2.28. The van der Waals surface area contributed by atoms with Crippen LogP contribution in [0.4, 0.5) is 0 Å². The van der Waals surface area contributed by atoms with Crippen LogP contribution in [0.15, 0.2) is 53.5 Å². The molecule has 6 heteroatoms. The second-order valence-electron chi connectivity index (χ2n) is 7.07. The van der Waals surface area contributed by atoms with Gasteiger partial charge in [0.15, 0.2) is 11.6 Å². The highest BCUT2D eigenvalue weighted by atomic mass is 35.5. The highest BCUT2D eigenvalue weighted by molar-refractivity contribution is 6.31. The molecule has 1 aliphatic rings. The number of halogens is 1. The summed E-state index contributed by atoms with van der Waals surface area (Å²) in [6.45, 7) is 5.54. The first-order valence-electron chi connectivity index (χ1n) is 9.08. The molecule has 1 aromatic heterocycles. The zero-order valence-electron chi connectivity index (χ0n) is 15.7. The second-order valence-corrected chi connectivity index (χ2v) is 7.51. The van der Waals surface area contributed by atoms with E-state index < -0.39 is 0 Å². The van der Waals surface area contributed by atoms with E-state index in [-0.39, 0.29) is 0 Å². The molecule has 0 unspecified atom stereocenters. The van der Waals surface area contributed by atoms with Gasteiger partial charge in [0.1, 0.15) is 6.54 Å². The third-order valence-corrected chi connectivity index (χ3v) is 5.18. The lowest BCUT2D eigenvalue weighted by Crippen LogP contribution is -2.27. The van der Waals surface area contributed by atoms with Gasteiger partial charge in [0.25, 0.3) is 0 Å². The number of hydrogen-bond acceptors (Lipinski definition) is 4. The van der Waals surface area contributed by atoms with Gasteiger partial charge in [-0.2, -0.15) is 0 Å². The van der Waals surface area contributed by atoms with Crippen LogP contribution in [-0.4, -0.2) is 38.5 Å². The lowest BCUT2D eigenvalue weighted by molar-refractivity contribution is 0.257. The maximum absolute atomic E-state index is 6.35. The molecule has 27 heavy (non-hydrogen) atoms. The molecule has 0 saturated carbocycles. The zero-order chi connectivity index (χ0) is 19.0. The Kier molecular flexibility index (Phi) is 4.81. The van der Waals surface area contributed by atoms with Crippen LogP contribution in [-0.2, 0) is 13.1 Å². The van der Waals surface area contributed by atoms with Crippen molar-refractivity contribution >= 4 is 17.3 Å². The Hall–Kier alpha value is -2.50. The predicted molar refractivity (Wildman–Crippen MR) is 109 cm³/mol. The summed E-state index contributed by atoms with van der Waals surface area (Å²) in [4.78, 5) is 7.11. The van der Waals surface area contributed by atoms with Crippen LogP contribution in [0.2, 0.25) is 5.02 Å². The van der Waals surface area contributed by atoms with Gasteiger partial charge in [0.05, 0.1) is 17.9 Å². The highest BCUT2D eigenvalue weighted by Gasteiger charge is 2.23. The Labute approximate surface area is 164 Å². The normalized spacial score (nSPS) is 13.3. The van der Waals surface area contributed by atoms with Gasteiger partial charge in [0.2, 0.25) is 0 Å². The minimum absolute atomic E-state index is 0.421. The Morgan fingerprint density at radius 3 is 2.63 bits per heavy atom. The zero-order valence-corrected chi connectivity index (χ0v) is 16.5. The van der Waals surface area contributed by atoms with Crippen LogP contribution in [0.25, 0.3) is 5.69 Å². The van der Waals surface area contributed by atoms with E-state index in [9.17, 15) is 0 Å². The first kappa shape index (κ1) is 17.9. The van der Waals surface area contributed by atoms with Gasteiger partial charge in [0, 0.05) is 22.2 Å². The lowest BCUT2D eigenvalue weighted by atomic mass is 10.0. The van der Waals surface area contributed by atoms with Gasteiger partial charge in [-0.3, -0.25) is 14.5 Å². The average Bonchev–Trinajstić information content (AvgIpc) is 2.97. The topological polar surface area (TPSA) is 46.3 Å². The summed E-state index contributed by atoms with van der Waals surface area (Å²) in [5.41, 5.74) is 4.02. The summed E-state index contributed by atoms with van der Waals surface area (Å²) in [5.74, 6) is 1.76. The third kappa shape index (κ3) is 3.40. The second kappa shape index (κ2) is 7.25. The van der Waals surface area contributed by atoms with Crippen molar-refractivity contribution in [2.24, 2.45) is 4.99 Å². The minimum Gasteiger partial charge on any atom is -0.297 e. The van der Waals surface area contributed by atoms with E-state index in [1.807, 2.05) is 36.4 Å². The van der Waals surface area contributed by atoms with Gasteiger partial charge >= 0.3 is 0 Å². The number of aromatic nitrogens is 3. The van der Waals surface area contributed by atoms with Crippen molar-refractivity contribution < 1.29 is 0 Å². The quantitative estimate of drug-likeness (QED) is 0.685. The standard InChI is InChI=1S/C21H22ClN5/c1-14(2)26(3)13-20-25-24-19-12-23-21(15-7-5-4-6-8-15)17-11-16(22)9-10-18(17)27(19)20/h4-11,14H,12-13H2,1-3H3. The van der Waals surface area contributed by atoms with Crippen LogP contribution in [0, 0.1) is 0 Å². The molecule has 0 spiro atoms. The third-order valence-electron chi connectivity index (χ3n) is 4.95. The molecular weight excluding hydrogens is 358 g/mol. The van der Waals surface area contributed by atoms with Crippen LogP contribution in [0.3, 0.4) is 0 Å². The summed E-state index contributed by atoms with van der Waals surface area (Å²) in [6.07, 6.45) is 0. The Balaban J connectivity index is 1.87. The fourth-order valence-electron chi connectivity index (χ4n) is 3.21. The van der Waals surface area contributed by atoms with Gasteiger partial charge < -0.3 is 0 Å². The Morgan fingerprint density at radius 2 is 1.89 bits per heavy atom. The van der Waals surface area contributed by atoms with Crippen molar-refractivity contribution in [1.82, 2.24) is 19.7 Å². The van der Waals surface area contributed by atoms with E-state index in [0.717, 1.165) is 34.2 Å². The monoisotopic (exact) mass is 379 g/mol. The summed E-state index contributed by atoms with van der Waals surface area (Å²) >= 11 is 6.35. The van der Waals surface area contributed by atoms with Crippen LogP contribution in [0.5, 0.6) is 0 Å². The number of fused-ring (bicyclic) bond motifs is 3. The van der Waals surface area contributed by atoms with E-state index in [4.69, 9.17) is 16.6 Å². The number of benzene rings is 2. The van der Waals surface area contributed by atoms with Crippen molar-refractivity contribution in [3.05, 3.63) is 76.3 Å². The van der Waals surface area contributed by atoms with E-state index >= 15 is 0 Å². The molecule has 0 saturated heterocycles. The van der Waals surface area contributed by atoms with E-state index in [2.05, 4.69) is 52.7 Å². The maximum Gasteiger partial charge on any atom is 0.159 e. The molecule has 3 aromatic rings. The van der Waals surface area contributed by atoms with E-state index in [0.29, 0.717) is 24.2 Å². The molecule has 5 nitrogen and oxygen atoms in total. The average molecular weight is 380 g/mol. The summed E-state index contributed by atoms with van der Waals surface area (Å²) in [7, 11) is 2.09. The van der Waals surface area contributed by atoms with Crippen molar-refractivity contribution in [2.45, 2.75) is 33.0 Å². The van der Waals surface area contributed by atoms with Crippen LogP contribution >= 0.6 is 11.6 Å². The minimum atomic E-state index is 0.421. The fourth-order valence-corrected chi connectivity index (χ4v) is 3.39. The molecule has 2 heterocycles. The Morgan fingerprint density at radius 1 is 1.11 bits per heavy atom. The summed E-state index contributed by atoms with van der Waals surface area (Å²) in [6, 6.07) is 16.5. The number of hydrogen-bond donors (Lipinski definition) is 0. The maximum atomic E-state index is 6.35. The summed E-state index contributed by atoms with van der Waals surface area (Å²) < 4.78 is 2.13. The van der Waals surface area contributed by atoms with Crippen molar-refractivity contribution in [3.63, 3.8) is 0 Å². The number of aliphatic imine (C=N–C) groups is 1. The van der Waals surface area contributed by atoms with Gasteiger partial charge in [-0.25, -0.2) is 0 Å². The molecule has 0 atom stereocenters. The molecule has 4 rings (SSSR count). The van der Waals surface area contributed by atoms with E-state index in [1.54, 1.807) is 0 Å². The molecular formula is C21H22ClN5. The molecule has 1 aliphatic heterocycles. The molecule has 0 fully saturated rings. The Bertz CT molecular complexity index is 991. The van der Waals surface area contributed by atoms with Crippen LogP contribution < -0.4 is 0 Å². The first-order chi connectivity index (χ1) is 13.0. The van der Waals surface area contributed by atoms with Gasteiger partial charge in [-0.1, -0.05) is 41.9 Å². The van der Waals surface area contributed by atoms with E-state index in [1.165, 1.54) is 0 Å². The molecule has 0 aliphatic carbocycles. The molecule has 0 N–H and O–H groups in total. The smallest absolute Gasteiger partial charge is 0.159 e. The summed E-state index contributed by atoms with van der Waals surface area (Å²) in [5, 5.41) is 9.56. The first-order valence-corrected chi connectivity index (χ1v) is 9.46. The molecule has 0 amide bonds. The van der Waals surface area contributed by atoms with Crippen molar-refractivity contribution in [3.8, 4) is 5.69 Å². The number of rotatable bonds is 4. The van der Waals surface area contributed by atoms with Gasteiger partial charge in [-0.15, -0.1) is 10.2 Å². The lowest BCUT2D eigenvalue weighted by Gasteiger charge is -2.21.